The summed E-state index contributed by atoms with van der Waals surface area (Å²) in [6.07, 6.45) is 12.6. The van der Waals surface area contributed by atoms with Crippen LogP contribution in [0.1, 0.15) is 37.1 Å². The van der Waals surface area contributed by atoms with Crippen molar-refractivity contribution in [2.45, 2.75) is 44.7 Å². The monoisotopic (exact) mass is 450 g/mol. The van der Waals surface area contributed by atoms with Crippen LogP contribution in [0, 0.1) is 6.92 Å². The molecule has 1 aliphatic heterocycles. The molecule has 4 aromatic heterocycles. The van der Waals surface area contributed by atoms with Gasteiger partial charge in [-0.2, -0.15) is 9.47 Å². The Bertz CT molecular complexity index is 1220. The zero-order valence-corrected chi connectivity index (χ0v) is 18.9. The van der Waals surface area contributed by atoms with E-state index in [-0.39, 0.29) is 5.54 Å². The van der Waals surface area contributed by atoms with Crippen LogP contribution in [0.25, 0.3) is 16.9 Å². The molecule has 0 amide bonds. The van der Waals surface area contributed by atoms with E-state index in [1.54, 1.807) is 6.20 Å². The Morgan fingerprint density at radius 2 is 2.19 bits per heavy atom. The molecule has 1 spiro atoms. The molecule has 0 bridgehead atoms. The number of morpholine rings is 1. The van der Waals surface area contributed by atoms with Crippen LogP contribution >= 0.6 is 11.5 Å². The molecule has 1 saturated heterocycles. The second-order valence-electron chi connectivity index (χ2n) is 8.77. The molecule has 1 saturated carbocycles. The summed E-state index contributed by atoms with van der Waals surface area (Å²) in [4.78, 5) is 11.9. The summed E-state index contributed by atoms with van der Waals surface area (Å²) in [6, 6.07) is 2.14. The van der Waals surface area contributed by atoms with Gasteiger partial charge in [0.25, 0.3) is 0 Å². The zero-order valence-electron chi connectivity index (χ0n) is 18.0. The number of nitrogens with zero attached hydrogens (tertiary/aromatic N) is 6. The minimum absolute atomic E-state index is 0.207. The topological polar surface area (TPSA) is 96.3 Å². The van der Waals surface area contributed by atoms with Gasteiger partial charge in [0.1, 0.15) is 5.00 Å². The molecule has 2 aliphatic rings. The van der Waals surface area contributed by atoms with E-state index in [2.05, 4.69) is 35.9 Å². The molecule has 2 fully saturated rings. The fourth-order valence-corrected chi connectivity index (χ4v) is 5.72. The minimum atomic E-state index is 0.207. The number of H-pyrrole nitrogens is 1. The Kier molecular flexibility index (Phi) is 4.93. The van der Waals surface area contributed by atoms with Gasteiger partial charge in [0.2, 0.25) is 0 Å². The lowest BCUT2D eigenvalue weighted by Gasteiger charge is -2.44. The van der Waals surface area contributed by atoms with Crippen molar-refractivity contribution in [2.24, 2.45) is 0 Å². The first-order chi connectivity index (χ1) is 15.7. The molecule has 9 nitrogen and oxygen atoms in total. The highest BCUT2D eigenvalue weighted by molar-refractivity contribution is 7.10. The molecule has 5 heterocycles. The molecular formula is C22H26N8OS. The van der Waals surface area contributed by atoms with Gasteiger partial charge in [-0.05, 0) is 37.4 Å². The second-order valence-corrected chi connectivity index (χ2v) is 9.57. The Morgan fingerprint density at radius 3 is 3.03 bits per heavy atom. The van der Waals surface area contributed by atoms with E-state index >= 15 is 0 Å². The Labute approximate surface area is 190 Å². The van der Waals surface area contributed by atoms with Crippen LogP contribution in [0.2, 0.25) is 0 Å². The van der Waals surface area contributed by atoms with Crippen molar-refractivity contribution in [3.8, 4) is 11.3 Å². The third-order valence-corrected chi connectivity index (χ3v) is 7.38. The summed E-state index contributed by atoms with van der Waals surface area (Å²) in [6.45, 7) is 5.49. The van der Waals surface area contributed by atoms with Crippen molar-refractivity contribution in [1.29, 1.82) is 0 Å². The lowest BCUT2D eigenvalue weighted by atomic mass is 9.94. The number of anilines is 2. The van der Waals surface area contributed by atoms with Gasteiger partial charge in [-0.3, -0.25) is 14.4 Å². The molecule has 0 aromatic carbocycles. The molecule has 32 heavy (non-hydrogen) atoms. The van der Waals surface area contributed by atoms with Crippen LogP contribution in [0.4, 0.5) is 10.8 Å². The second kappa shape index (κ2) is 7.95. The molecule has 0 unspecified atom stereocenters. The number of aromatic nitrogens is 6. The third-order valence-electron chi connectivity index (χ3n) is 6.64. The number of nitrogens with one attached hydrogen (secondary N) is 2. The van der Waals surface area contributed by atoms with Gasteiger partial charge < -0.3 is 10.1 Å². The predicted molar refractivity (Wildman–Crippen MR) is 123 cm³/mol. The van der Waals surface area contributed by atoms with Gasteiger partial charge in [-0.25, -0.2) is 9.97 Å². The van der Waals surface area contributed by atoms with Crippen molar-refractivity contribution in [1.82, 2.24) is 33.8 Å². The molecule has 0 radical (unpaired) electrons. The molecule has 4 aromatic rings. The number of ether oxygens (including phenoxy) is 1. The first-order valence-electron chi connectivity index (χ1n) is 11.1. The van der Waals surface area contributed by atoms with Gasteiger partial charge in [-0.1, -0.05) is 12.8 Å². The van der Waals surface area contributed by atoms with Crippen molar-refractivity contribution >= 4 is 28.0 Å². The smallest absolute Gasteiger partial charge is 0.180 e. The highest BCUT2D eigenvalue weighted by Crippen LogP contribution is 2.38. The van der Waals surface area contributed by atoms with E-state index in [0.29, 0.717) is 0 Å². The Hall–Kier alpha value is -2.82. The Morgan fingerprint density at radius 1 is 1.28 bits per heavy atom. The molecule has 6 rings (SSSR count). The summed E-state index contributed by atoms with van der Waals surface area (Å²) in [5, 5.41) is 11.4. The Balaban J connectivity index is 1.25. The summed E-state index contributed by atoms with van der Waals surface area (Å²) in [5.41, 5.74) is 4.95. The van der Waals surface area contributed by atoms with Gasteiger partial charge in [0.05, 0.1) is 42.7 Å². The molecule has 166 valence electrons. The lowest BCUT2D eigenvalue weighted by Crippen LogP contribution is -2.54. The van der Waals surface area contributed by atoms with Crippen molar-refractivity contribution < 1.29 is 4.74 Å². The largest absolute Gasteiger partial charge is 0.378 e. The van der Waals surface area contributed by atoms with Crippen LogP contribution in [0.5, 0.6) is 0 Å². The first-order valence-corrected chi connectivity index (χ1v) is 11.9. The fourth-order valence-electron chi connectivity index (χ4n) is 5.06. The third kappa shape index (κ3) is 3.48. The molecule has 0 atom stereocenters. The standard InChI is InChI=1S/C22H26N8OS/c1-15-12-30-18(16-9-24-25-10-16)11-23-21(30)20(26-15)27-19-8-17(28-32-19)13-29-6-7-31-14-22(29)4-2-3-5-22/h8-12H,2-7,13-14H2,1H3,(H,24,25)(H,26,27). The summed E-state index contributed by atoms with van der Waals surface area (Å²) >= 11 is 1.47. The van der Waals surface area contributed by atoms with Crippen LogP contribution in [0.15, 0.2) is 30.9 Å². The van der Waals surface area contributed by atoms with E-state index in [9.17, 15) is 0 Å². The van der Waals surface area contributed by atoms with E-state index in [0.717, 1.165) is 65.4 Å². The van der Waals surface area contributed by atoms with Gasteiger partial charge in [0.15, 0.2) is 11.5 Å². The summed E-state index contributed by atoms with van der Waals surface area (Å²) in [7, 11) is 0. The van der Waals surface area contributed by atoms with E-state index in [1.807, 2.05) is 25.5 Å². The number of hydrogen-bond acceptors (Lipinski definition) is 8. The van der Waals surface area contributed by atoms with E-state index in [1.165, 1.54) is 37.2 Å². The van der Waals surface area contributed by atoms with Crippen molar-refractivity contribution in [2.75, 3.05) is 25.1 Å². The number of aromatic amines is 1. The quantitative estimate of drug-likeness (QED) is 0.478. The molecular weight excluding hydrogens is 424 g/mol. The summed E-state index contributed by atoms with van der Waals surface area (Å²) in [5.74, 6) is 0.730. The average molecular weight is 451 g/mol. The highest BCUT2D eigenvalue weighted by atomic mass is 32.1. The average Bonchev–Trinajstić information content (AvgIpc) is 3.57. The summed E-state index contributed by atoms with van der Waals surface area (Å²) < 4.78 is 12.6. The van der Waals surface area contributed by atoms with Gasteiger partial charge in [0, 0.05) is 36.6 Å². The highest BCUT2D eigenvalue weighted by Gasteiger charge is 2.42. The lowest BCUT2D eigenvalue weighted by molar-refractivity contribution is -0.0706. The zero-order chi connectivity index (χ0) is 21.5. The van der Waals surface area contributed by atoms with E-state index < -0.39 is 0 Å². The minimum Gasteiger partial charge on any atom is -0.378 e. The maximum Gasteiger partial charge on any atom is 0.180 e. The van der Waals surface area contributed by atoms with Crippen molar-refractivity contribution in [3.63, 3.8) is 0 Å². The normalized spacial score (nSPS) is 18.7. The predicted octanol–water partition coefficient (Wildman–Crippen LogP) is 3.77. The molecule has 10 heteroatoms. The van der Waals surface area contributed by atoms with Crippen LogP contribution in [0.3, 0.4) is 0 Å². The van der Waals surface area contributed by atoms with Crippen LogP contribution < -0.4 is 5.32 Å². The van der Waals surface area contributed by atoms with Gasteiger partial charge >= 0.3 is 0 Å². The fraction of sp³-hybridized carbons (Fsp3) is 0.455. The maximum absolute atomic E-state index is 5.85. The SMILES string of the molecule is Cc1cn2c(-c3cn[nH]c3)cnc2c(Nc2cc(CN3CCOCC34CCCC4)ns2)n1. The van der Waals surface area contributed by atoms with E-state index in [4.69, 9.17) is 14.1 Å². The van der Waals surface area contributed by atoms with Gasteiger partial charge in [-0.15, -0.1) is 0 Å². The van der Waals surface area contributed by atoms with Crippen molar-refractivity contribution in [3.05, 3.63) is 42.2 Å². The van der Waals surface area contributed by atoms with Crippen LogP contribution in [-0.4, -0.2) is 59.1 Å². The number of hydrogen-bond donors (Lipinski definition) is 2. The number of aryl methyl sites for hydroxylation is 1. The number of rotatable bonds is 5. The molecule has 1 aliphatic carbocycles. The molecule has 2 N–H and O–H groups in total. The maximum atomic E-state index is 5.85. The number of imidazole rings is 1. The first kappa shape index (κ1) is 19.8. The number of fused-ring (bicyclic) bond motifs is 1. The van der Waals surface area contributed by atoms with Crippen LogP contribution in [-0.2, 0) is 11.3 Å².